The Bertz CT molecular complexity index is 2850. The van der Waals surface area contributed by atoms with E-state index in [2.05, 4.69) is 115 Å². The molecule has 0 atom stereocenters. The quantitative estimate of drug-likeness (QED) is 0.131. The minimum atomic E-state index is -1.31. The second-order valence-corrected chi connectivity index (χ2v) is 19.8. The maximum atomic E-state index is 6.24. The summed E-state index contributed by atoms with van der Waals surface area (Å²) in [6.07, 6.45) is 2.06. The summed E-state index contributed by atoms with van der Waals surface area (Å²) in [5.41, 5.74) is 7.77. The fourth-order valence-corrected chi connectivity index (χ4v) is 9.00. The zero-order valence-corrected chi connectivity index (χ0v) is 33.1. The number of hydrogen-bond donors (Lipinski definition) is 0. The standard InChI is InChI=1S/C25H15N2O.C20H18NSSi.Ir/c1-2-9-17(10-3-1)27-22-15-6-5-14-21(22)26-25(27)20-13-8-12-19-18-11-4-7-16-23(18)28-24(19)20;1-23(2,3)14-11-12-18(21-13-14)17-9-6-8-16-15-7-4-5-10-19(15)22-20(16)17;/h1-12,14-16H;4-8,10-13H,1-3H3;/q2*-1;. The van der Waals surface area contributed by atoms with E-state index in [0.29, 0.717) is 0 Å². The van der Waals surface area contributed by atoms with Crippen LogP contribution in [0, 0.1) is 12.1 Å². The summed E-state index contributed by atoms with van der Waals surface area (Å²) < 4.78 is 11.0. The smallest absolute Gasteiger partial charge is 0.120 e. The van der Waals surface area contributed by atoms with Crippen LogP contribution >= 0.6 is 11.3 Å². The van der Waals surface area contributed by atoms with Crippen molar-refractivity contribution in [3.8, 4) is 28.3 Å². The second kappa shape index (κ2) is 13.8. The molecule has 4 heterocycles. The van der Waals surface area contributed by atoms with Gasteiger partial charge in [-0.3, -0.25) is 4.98 Å². The molecule has 0 N–H and O–H groups in total. The first kappa shape index (κ1) is 33.9. The van der Waals surface area contributed by atoms with Crippen molar-refractivity contribution >= 4 is 77.7 Å². The number of hydrogen-bond acceptors (Lipinski definition) is 4. The molecule has 0 spiro atoms. The fraction of sp³-hybridized carbons (Fsp3) is 0.0667. The van der Waals surface area contributed by atoms with Crippen molar-refractivity contribution in [2.75, 3.05) is 0 Å². The van der Waals surface area contributed by atoms with Crippen LogP contribution in [-0.4, -0.2) is 22.6 Å². The summed E-state index contributed by atoms with van der Waals surface area (Å²) in [6, 6.07) is 54.6. The van der Waals surface area contributed by atoms with Gasteiger partial charge in [0.2, 0.25) is 0 Å². The van der Waals surface area contributed by atoms with Gasteiger partial charge < -0.3 is 14.0 Å². The molecule has 0 aliphatic carbocycles. The van der Waals surface area contributed by atoms with Crippen LogP contribution in [0.1, 0.15) is 0 Å². The van der Waals surface area contributed by atoms with Crippen molar-refractivity contribution in [2.24, 2.45) is 0 Å². The zero-order valence-electron chi connectivity index (χ0n) is 28.8. The maximum Gasteiger partial charge on any atom is 0.120 e. The number of thiophene rings is 1. The predicted molar refractivity (Wildman–Crippen MR) is 217 cm³/mol. The van der Waals surface area contributed by atoms with Gasteiger partial charge in [-0.15, -0.1) is 42.0 Å². The third kappa shape index (κ3) is 6.00. The number of benzene rings is 6. The Hall–Kier alpha value is -5.17. The minimum absolute atomic E-state index is 0. The van der Waals surface area contributed by atoms with E-state index in [0.717, 1.165) is 61.3 Å². The Kier molecular flexibility index (Phi) is 8.98. The number of pyridine rings is 1. The Morgan fingerprint density at radius 3 is 2.13 bits per heavy atom. The van der Waals surface area contributed by atoms with Gasteiger partial charge in [0.05, 0.1) is 30.5 Å². The molecule has 0 saturated carbocycles. The van der Waals surface area contributed by atoms with Gasteiger partial charge in [0.15, 0.2) is 0 Å². The van der Waals surface area contributed by atoms with Crippen LogP contribution in [0.5, 0.6) is 0 Å². The molecule has 52 heavy (non-hydrogen) atoms. The first-order valence-corrected chi connectivity index (χ1v) is 21.4. The van der Waals surface area contributed by atoms with Gasteiger partial charge in [-0.25, -0.2) is 0 Å². The Balaban J connectivity index is 0.000000149. The molecule has 0 aliphatic rings. The van der Waals surface area contributed by atoms with Gasteiger partial charge >= 0.3 is 0 Å². The van der Waals surface area contributed by atoms with Crippen LogP contribution in [0.3, 0.4) is 0 Å². The minimum Gasteiger partial charge on any atom is -0.501 e. The van der Waals surface area contributed by atoms with E-state index in [1.165, 1.54) is 25.4 Å². The van der Waals surface area contributed by atoms with Crippen molar-refractivity contribution < 1.29 is 24.5 Å². The molecule has 4 nitrogen and oxygen atoms in total. The molecule has 7 heteroatoms. The van der Waals surface area contributed by atoms with Crippen LogP contribution in [-0.2, 0) is 20.1 Å². The molecular formula is C45H33IrN3OSSi-2. The maximum absolute atomic E-state index is 6.24. The third-order valence-corrected chi connectivity index (χ3v) is 12.6. The summed E-state index contributed by atoms with van der Waals surface area (Å²) in [6.45, 7) is 7.05. The van der Waals surface area contributed by atoms with Gasteiger partial charge in [0.25, 0.3) is 0 Å². The first-order chi connectivity index (χ1) is 24.9. The van der Waals surface area contributed by atoms with Crippen LogP contribution in [0.15, 0.2) is 150 Å². The van der Waals surface area contributed by atoms with Crippen molar-refractivity contribution in [3.05, 3.63) is 158 Å². The van der Waals surface area contributed by atoms with E-state index in [9.17, 15) is 0 Å². The number of furan rings is 1. The normalized spacial score (nSPS) is 11.6. The van der Waals surface area contributed by atoms with E-state index in [4.69, 9.17) is 14.4 Å². The molecule has 4 aromatic heterocycles. The molecule has 1 radical (unpaired) electrons. The van der Waals surface area contributed by atoms with Gasteiger partial charge in [0.1, 0.15) is 5.58 Å². The first-order valence-electron chi connectivity index (χ1n) is 17.1. The summed E-state index contributed by atoms with van der Waals surface area (Å²) in [5.74, 6) is 0.831. The van der Waals surface area contributed by atoms with Crippen LogP contribution < -0.4 is 5.19 Å². The molecule has 0 amide bonds. The Morgan fingerprint density at radius 1 is 0.654 bits per heavy atom. The molecule has 0 fully saturated rings. The summed E-state index contributed by atoms with van der Waals surface area (Å²) >= 11 is 1.83. The van der Waals surface area contributed by atoms with Crippen molar-refractivity contribution in [3.63, 3.8) is 0 Å². The molecule has 255 valence electrons. The van der Waals surface area contributed by atoms with E-state index in [-0.39, 0.29) is 20.1 Å². The molecule has 0 saturated heterocycles. The molecular weight excluding hydrogens is 851 g/mol. The third-order valence-electron chi connectivity index (χ3n) is 9.36. The van der Waals surface area contributed by atoms with Gasteiger partial charge in [0, 0.05) is 42.1 Å². The van der Waals surface area contributed by atoms with Gasteiger partial charge in [-0.1, -0.05) is 115 Å². The summed E-state index contributed by atoms with van der Waals surface area (Å²) in [5, 5.41) is 6.20. The van der Waals surface area contributed by atoms with E-state index in [1.807, 2.05) is 78.1 Å². The zero-order chi connectivity index (χ0) is 34.5. The average molecular weight is 884 g/mol. The summed E-state index contributed by atoms with van der Waals surface area (Å²) in [7, 11) is -1.31. The van der Waals surface area contributed by atoms with Crippen molar-refractivity contribution in [2.45, 2.75) is 19.6 Å². The molecule has 0 unspecified atom stereocenters. The Labute approximate surface area is 320 Å². The van der Waals surface area contributed by atoms with Gasteiger partial charge in [-0.05, 0) is 57.4 Å². The molecule has 6 aromatic carbocycles. The topological polar surface area (TPSA) is 43.9 Å². The number of para-hydroxylation sites is 4. The van der Waals surface area contributed by atoms with Crippen LogP contribution in [0.4, 0.5) is 0 Å². The number of rotatable bonds is 4. The SMILES string of the molecule is C[Si](C)(C)c1ccc(-c2[c-]ccc3c2sc2ccccc23)nc1.[Ir].[c-]1ccc2c(oc3ccccc32)c1-c1nc2ccccc2n1-c1ccccc1. The summed E-state index contributed by atoms with van der Waals surface area (Å²) in [4.78, 5) is 9.70. The van der Waals surface area contributed by atoms with Gasteiger partial charge in [-0.2, -0.15) is 11.3 Å². The largest absolute Gasteiger partial charge is 0.501 e. The number of nitrogens with zero attached hydrogens (tertiary/aromatic N) is 3. The average Bonchev–Trinajstić information content (AvgIpc) is 3.87. The molecule has 10 rings (SSSR count). The van der Waals surface area contributed by atoms with E-state index < -0.39 is 8.07 Å². The number of aromatic nitrogens is 3. The monoisotopic (exact) mass is 884 g/mol. The second-order valence-electron chi connectivity index (χ2n) is 13.7. The number of imidazole rings is 1. The van der Waals surface area contributed by atoms with Crippen molar-refractivity contribution in [1.82, 2.24) is 14.5 Å². The molecule has 0 aliphatic heterocycles. The number of fused-ring (bicyclic) bond motifs is 7. The van der Waals surface area contributed by atoms with Crippen molar-refractivity contribution in [1.29, 1.82) is 0 Å². The molecule has 10 aromatic rings. The Morgan fingerprint density at radius 2 is 1.35 bits per heavy atom. The van der Waals surface area contributed by atoms with E-state index >= 15 is 0 Å². The fourth-order valence-electron chi connectivity index (χ4n) is 6.75. The van der Waals surface area contributed by atoms with Crippen LogP contribution in [0.2, 0.25) is 19.6 Å². The van der Waals surface area contributed by atoms with Crippen LogP contribution in [0.25, 0.3) is 81.5 Å². The molecule has 0 bridgehead atoms. The predicted octanol–water partition coefficient (Wildman–Crippen LogP) is 11.9. The van der Waals surface area contributed by atoms with E-state index in [1.54, 1.807) is 0 Å².